The lowest BCUT2D eigenvalue weighted by Crippen LogP contribution is -2.17. The normalized spacial score (nSPS) is 15.3. The first kappa shape index (κ1) is 19.5. The molecule has 0 aliphatic carbocycles. The Morgan fingerprint density at radius 1 is 1.35 bits per heavy atom. The molecule has 1 N–H and O–H groups in total. The zero-order valence-corrected chi connectivity index (χ0v) is 18.1. The van der Waals surface area contributed by atoms with Crippen molar-refractivity contribution in [3.8, 4) is 11.5 Å². The van der Waals surface area contributed by atoms with Gasteiger partial charge in [-0.1, -0.05) is 53.8 Å². The third-order valence-corrected chi connectivity index (χ3v) is 5.85. The summed E-state index contributed by atoms with van der Waals surface area (Å²) in [7, 11) is 1.58. The minimum atomic E-state index is -0.187. The van der Waals surface area contributed by atoms with Crippen LogP contribution < -0.4 is 14.8 Å². The van der Waals surface area contributed by atoms with Crippen molar-refractivity contribution in [2.24, 2.45) is 0 Å². The Hall–Kier alpha value is -1.29. The van der Waals surface area contributed by atoms with Crippen LogP contribution in [0.1, 0.15) is 11.1 Å². The fourth-order valence-corrected chi connectivity index (χ4v) is 4.32. The van der Waals surface area contributed by atoms with Crippen LogP contribution in [0.15, 0.2) is 41.3 Å². The molecule has 1 saturated heterocycles. The van der Waals surface area contributed by atoms with Crippen LogP contribution in [0, 0.1) is 3.57 Å². The first-order valence-electron chi connectivity index (χ1n) is 7.46. The molecule has 1 amide bonds. The summed E-state index contributed by atoms with van der Waals surface area (Å²) in [5.74, 6) is 1.03. The monoisotopic (exact) mass is 517 g/mol. The molecule has 1 aliphatic rings. The Morgan fingerprint density at radius 2 is 2.12 bits per heavy atom. The molecule has 2 aromatic carbocycles. The molecule has 0 saturated carbocycles. The predicted molar refractivity (Wildman–Crippen MR) is 118 cm³/mol. The van der Waals surface area contributed by atoms with Gasteiger partial charge in [-0.05, 0) is 52.4 Å². The van der Waals surface area contributed by atoms with Gasteiger partial charge in [0.05, 0.1) is 15.6 Å². The van der Waals surface area contributed by atoms with Crippen LogP contribution in [0.3, 0.4) is 0 Å². The molecule has 4 nitrogen and oxygen atoms in total. The third-order valence-electron chi connectivity index (χ3n) is 3.52. The van der Waals surface area contributed by atoms with Gasteiger partial charge in [0, 0.05) is 10.6 Å². The van der Waals surface area contributed by atoms with Crippen molar-refractivity contribution >= 4 is 74.5 Å². The number of nitrogens with one attached hydrogen (secondary N) is 1. The highest BCUT2D eigenvalue weighted by Gasteiger charge is 2.22. The Bertz CT molecular complexity index is 917. The second-order valence-corrected chi connectivity index (χ2v) is 8.55. The number of amides is 1. The highest BCUT2D eigenvalue weighted by molar-refractivity contribution is 14.1. The number of hydrogen-bond acceptors (Lipinski definition) is 5. The molecule has 26 heavy (non-hydrogen) atoms. The fraction of sp³-hybridized carbons (Fsp3) is 0.111. The van der Waals surface area contributed by atoms with E-state index in [1.807, 2.05) is 36.4 Å². The van der Waals surface area contributed by atoms with Crippen LogP contribution in [0.4, 0.5) is 0 Å². The van der Waals surface area contributed by atoms with E-state index in [4.69, 9.17) is 33.3 Å². The Kier molecular flexibility index (Phi) is 6.44. The second kappa shape index (κ2) is 8.60. The molecule has 0 bridgehead atoms. The zero-order chi connectivity index (χ0) is 18.7. The van der Waals surface area contributed by atoms with E-state index in [9.17, 15) is 4.79 Å². The second-order valence-electron chi connectivity index (χ2n) is 5.27. The predicted octanol–water partition coefficient (Wildman–Crippen LogP) is 5.02. The van der Waals surface area contributed by atoms with Gasteiger partial charge in [-0.25, -0.2) is 0 Å². The number of carbonyl (C=O) groups is 1. The van der Waals surface area contributed by atoms with Crippen molar-refractivity contribution < 1.29 is 14.3 Å². The summed E-state index contributed by atoms with van der Waals surface area (Å²) in [5, 5.41) is 3.26. The Morgan fingerprint density at radius 3 is 2.77 bits per heavy atom. The van der Waals surface area contributed by atoms with Gasteiger partial charge >= 0.3 is 0 Å². The van der Waals surface area contributed by atoms with Crippen LogP contribution >= 0.6 is 58.2 Å². The molecule has 0 atom stereocenters. The Labute approximate surface area is 179 Å². The number of ether oxygens (including phenoxy) is 2. The number of halogens is 2. The SMILES string of the molecule is COc1cc(/C=C2\SC(=S)NC2=O)cc(I)c1OCc1ccccc1Cl. The average Bonchev–Trinajstić information content (AvgIpc) is 2.92. The van der Waals surface area contributed by atoms with Crippen LogP contribution in [-0.2, 0) is 11.4 Å². The van der Waals surface area contributed by atoms with Crippen molar-refractivity contribution in [1.82, 2.24) is 5.32 Å². The summed E-state index contributed by atoms with van der Waals surface area (Å²) in [6, 6.07) is 11.3. The molecule has 0 unspecified atom stereocenters. The van der Waals surface area contributed by atoms with Gasteiger partial charge in [0.15, 0.2) is 11.5 Å². The summed E-state index contributed by atoms with van der Waals surface area (Å²) >= 11 is 14.6. The maximum Gasteiger partial charge on any atom is 0.263 e. The molecule has 8 heteroatoms. The van der Waals surface area contributed by atoms with E-state index < -0.39 is 0 Å². The zero-order valence-electron chi connectivity index (χ0n) is 13.5. The molecule has 134 valence electrons. The van der Waals surface area contributed by atoms with Crippen LogP contribution in [-0.4, -0.2) is 17.3 Å². The molecule has 2 aromatic rings. The van der Waals surface area contributed by atoms with Crippen LogP contribution in [0.2, 0.25) is 5.02 Å². The number of rotatable bonds is 5. The molecule has 0 spiro atoms. The van der Waals surface area contributed by atoms with E-state index >= 15 is 0 Å². The molecule has 1 heterocycles. The highest BCUT2D eigenvalue weighted by atomic mass is 127. The first-order chi connectivity index (χ1) is 12.5. The standard InChI is InChI=1S/C18H13ClINO3S2/c1-23-14-7-10(8-15-17(22)21-18(25)26-15)6-13(20)16(14)24-9-11-4-2-3-5-12(11)19/h2-8H,9H2,1H3,(H,21,22,25)/b15-8-. The summed E-state index contributed by atoms with van der Waals surface area (Å²) in [6.07, 6.45) is 1.78. The van der Waals surface area contributed by atoms with E-state index in [0.29, 0.717) is 32.4 Å². The highest BCUT2D eigenvalue weighted by Crippen LogP contribution is 2.36. The molecule has 1 fully saturated rings. The minimum absolute atomic E-state index is 0.187. The van der Waals surface area contributed by atoms with E-state index in [1.165, 1.54) is 11.8 Å². The van der Waals surface area contributed by atoms with Gasteiger partial charge in [0.1, 0.15) is 10.9 Å². The van der Waals surface area contributed by atoms with Gasteiger partial charge in [-0.2, -0.15) is 0 Å². The molecular weight excluding hydrogens is 505 g/mol. The number of hydrogen-bond donors (Lipinski definition) is 1. The van der Waals surface area contributed by atoms with E-state index in [1.54, 1.807) is 13.2 Å². The maximum absolute atomic E-state index is 11.8. The minimum Gasteiger partial charge on any atom is -0.493 e. The van der Waals surface area contributed by atoms with Gasteiger partial charge in [0.2, 0.25) is 0 Å². The number of carbonyl (C=O) groups excluding carboxylic acids is 1. The van der Waals surface area contributed by atoms with E-state index in [2.05, 4.69) is 27.9 Å². The lowest BCUT2D eigenvalue weighted by molar-refractivity contribution is -0.115. The third kappa shape index (κ3) is 4.51. The molecule has 0 radical (unpaired) electrons. The van der Waals surface area contributed by atoms with Crippen molar-refractivity contribution in [3.63, 3.8) is 0 Å². The summed E-state index contributed by atoms with van der Waals surface area (Å²) in [4.78, 5) is 12.4. The summed E-state index contributed by atoms with van der Waals surface area (Å²) in [5.41, 5.74) is 1.73. The topological polar surface area (TPSA) is 47.6 Å². The quantitative estimate of drug-likeness (QED) is 0.343. The summed E-state index contributed by atoms with van der Waals surface area (Å²) < 4.78 is 12.7. The fourth-order valence-electron chi connectivity index (χ4n) is 2.30. The smallest absolute Gasteiger partial charge is 0.263 e. The van der Waals surface area contributed by atoms with Crippen molar-refractivity contribution in [2.75, 3.05) is 7.11 Å². The number of methoxy groups -OCH3 is 1. The lowest BCUT2D eigenvalue weighted by atomic mass is 10.2. The van der Waals surface area contributed by atoms with E-state index in [-0.39, 0.29) is 5.91 Å². The molecule has 0 aromatic heterocycles. The van der Waals surface area contributed by atoms with Crippen molar-refractivity contribution in [3.05, 3.63) is 61.0 Å². The Balaban J connectivity index is 1.86. The molecule has 1 aliphatic heterocycles. The summed E-state index contributed by atoms with van der Waals surface area (Å²) in [6.45, 7) is 0.332. The average molecular weight is 518 g/mol. The van der Waals surface area contributed by atoms with Crippen LogP contribution in [0.5, 0.6) is 11.5 Å². The van der Waals surface area contributed by atoms with Gasteiger partial charge in [-0.3, -0.25) is 4.79 Å². The van der Waals surface area contributed by atoms with Crippen molar-refractivity contribution in [2.45, 2.75) is 6.61 Å². The van der Waals surface area contributed by atoms with E-state index in [0.717, 1.165) is 14.7 Å². The van der Waals surface area contributed by atoms with Crippen molar-refractivity contribution in [1.29, 1.82) is 0 Å². The van der Waals surface area contributed by atoms with Gasteiger partial charge < -0.3 is 14.8 Å². The number of thiocarbonyl (C=S) groups is 1. The van der Waals surface area contributed by atoms with Crippen LogP contribution in [0.25, 0.3) is 6.08 Å². The first-order valence-corrected chi connectivity index (χ1v) is 10.1. The largest absolute Gasteiger partial charge is 0.493 e. The number of thioether (sulfide) groups is 1. The van der Waals surface area contributed by atoms with Gasteiger partial charge in [0.25, 0.3) is 5.91 Å². The lowest BCUT2D eigenvalue weighted by Gasteiger charge is -2.14. The molecular formula is C18H13ClINO3S2. The maximum atomic E-state index is 11.8. The molecule has 3 rings (SSSR count). The van der Waals surface area contributed by atoms with Gasteiger partial charge in [-0.15, -0.1) is 0 Å². The number of benzene rings is 2.